The Kier molecular flexibility index (Phi) is 6.45. The Labute approximate surface area is 131 Å². The summed E-state index contributed by atoms with van der Waals surface area (Å²) in [6, 6.07) is 0.571. The number of hydrogen-bond acceptors (Lipinski definition) is 4. The largest absolute Gasteiger partial charge is 0.370 e. The number of nitrogens with one attached hydrogen (secondary N) is 1. The number of aryl methyl sites for hydroxylation is 1. The van der Waals surface area contributed by atoms with Crippen LogP contribution in [-0.4, -0.2) is 48.1 Å². The molecule has 1 unspecified atom stereocenters. The summed E-state index contributed by atoms with van der Waals surface area (Å²) in [5.74, 6) is 0.560. The zero-order valence-corrected chi connectivity index (χ0v) is 14.0. The van der Waals surface area contributed by atoms with Crippen LogP contribution in [0.5, 0.6) is 0 Å². The fraction of sp³-hybridized carbons (Fsp3) is 0.733. The van der Waals surface area contributed by atoms with Crippen molar-refractivity contribution in [1.82, 2.24) is 15.2 Å². The summed E-state index contributed by atoms with van der Waals surface area (Å²) in [6.07, 6.45) is 6.46. The molecule has 1 aliphatic heterocycles. The van der Waals surface area contributed by atoms with Crippen LogP contribution in [-0.2, 0) is 12.8 Å². The van der Waals surface area contributed by atoms with Crippen LogP contribution >= 0.6 is 11.3 Å². The van der Waals surface area contributed by atoms with Crippen LogP contribution in [0, 0.1) is 0 Å². The van der Waals surface area contributed by atoms with E-state index in [0.29, 0.717) is 12.0 Å². The molecule has 5 nitrogen and oxygen atoms in total. The second-order valence-electron chi connectivity index (χ2n) is 5.40. The van der Waals surface area contributed by atoms with E-state index >= 15 is 0 Å². The van der Waals surface area contributed by atoms with E-state index in [-0.39, 0.29) is 0 Å². The molecule has 0 aliphatic carbocycles. The number of nitrogens with two attached hydrogens (primary N) is 1. The van der Waals surface area contributed by atoms with Crippen LogP contribution in [0.1, 0.15) is 36.6 Å². The first-order valence-electron chi connectivity index (χ1n) is 7.94. The molecule has 0 bridgehead atoms. The van der Waals surface area contributed by atoms with Gasteiger partial charge in [-0.05, 0) is 32.4 Å². The molecule has 1 aliphatic rings. The van der Waals surface area contributed by atoms with E-state index in [2.05, 4.69) is 34.0 Å². The van der Waals surface area contributed by atoms with E-state index in [9.17, 15) is 0 Å². The van der Waals surface area contributed by atoms with Gasteiger partial charge in [0.05, 0.1) is 11.6 Å². The summed E-state index contributed by atoms with van der Waals surface area (Å²) < 4.78 is 0. The van der Waals surface area contributed by atoms with Crippen molar-refractivity contribution in [3.8, 4) is 0 Å². The topological polar surface area (TPSA) is 66.5 Å². The Morgan fingerprint density at radius 2 is 2.43 bits per heavy atom. The summed E-state index contributed by atoms with van der Waals surface area (Å²) in [4.78, 5) is 12.7. The predicted octanol–water partition coefficient (Wildman–Crippen LogP) is 1.64. The average molecular weight is 309 g/mol. The van der Waals surface area contributed by atoms with E-state index in [1.807, 2.05) is 6.20 Å². The minimum atomic E-state index is 0.560. The zero-order chi connectivity index (χ0) is 15.1. The number of rotatable bonds is 7. The van der Waals surface area contributed by atoms with Crippen molar-refractivity contribution in [2.24, 2.45) is 10.7 Å². The second-order valence-corrected chi connectivity index (χ2v) is 6.60. The van der Waals surface area contributed by atoms with Gasteiger partial charge in [0, 0.05) is 30.1 Å². The molecule has 118 valence electrons. The van der Waals surface area contributed by atoms with Gasteiger partial charge in [-0.25, -0.2) is 4.98 Å². The molecule has 1 fully saturated rings. The van der Waals surface area contributed by atoms with Gasteiger partial charge < -0.3 is 11.1 Å². The zero-order valence-electron chi connectivity index (χ0n) is 13.1. The highest BCUT2D eigenvalue weighted by Crippen LogP contribution is 2.16. The number of guanidine groups is 1. The lowest BCUT2D eigenvalue weighted by Crippen LogP contribution is -2.36. The second kappa shape index (κ2) is 8.34. The number of aromatic nitrogens is 1. The van der Waals surface area contributed by atoms with Gasteiger partial charge in [-0.15, -0.1) is 11.3 Å². The first kappa shape index (κ1) is 16.2. The van der Waals surface area contributed by atoms with Crippen molar-refractivity contribution >= 4 is 17.3 Å². The van der Waals surface area contributed by atoms with E-state index in [4.69, 9.17) is 5.73 Å². The molecule has 2 heterocycles. The number of thiazole rings is 1. The highest BCUT2D eigenvalue weighted by molar-refractivity contribution is 7.11. The molecular formula is C15H27N5S. The van der Waals surface area contributed by atoms with Crippen molar-refractivity contribution in [3.05, 3.63) is 16.1 Å². The fourth-order valence-electron chi connectivity index (χ4n) is 2.70. The van der Waals surface area contributed by atoms with Crippen LogP contribution < -0.4 is 11.1 Å². The number of nitrogens with zero attached hydrogens (tertiary/aromatic N) is 3. The van der Waals surface area contributed by atoms with Crippen molar-refractivity contribution in [2.75, 3.05) is 26.2 Å². The molecule has 6 heteroatoms. The first-order valence-corrected chi connectivity index (χ1v) is 8.76. The normalized spacial score (nSPS) is 20.1. The molecule has 0 aromatic carbocycles. The van der Waals surface area contributed by atoms with Crippen molar-refractivity contribution in [2.45, 2.75) is 45.6 Å². The standard InChI is InChI=1S/C15H27N5S/c1-3-13-11-18-14(21-13)7-8-17-15(16)19-10-12-6-5-9-20(12)4-2/h11-12H,3-10H2,1-2H3,(H3,16,17,19). The van der Waals surface area contributed by atoms with Crippen molar-refractivity contribution in [1.29, 1.82) is 0 Å². The highest BCUT2D eigenvalue weighted by Gasteiger charge is 2.22. The molecule has 0 amide bonds. The summed E-state index contributed by atoms with van der Waals surface area (Å²) in [7, 11) is 0. The van der Waals surface area contributed by atoms with Gasteiger partial charge in [0.2, 0.25) is 0 Å². The molecule has 1 aromatic heterocycles. The van der Waals surface area contributed by atoms with Crippen LogP contribution in [0.25, 0.3) is 0 Å². The molecule has 1 aromatic rings. The molecular weight excluding hydrogens is 282 g/mol. The summed E-state index contributed by atoms with van der Waals surface area (Å²) in [5.41, 5.74) is 5.94. The van der Waals surface area contributed by atoms with Gasteiger partial charge >= 0.3 is 0 Å². The fourth-order valence-corrected chi connectivity index (χ4v) is 3.56. The molecule has 0 spiro atoms. The minimum Gasteiger partial charge on any atom is -0.370 e. The minimum absolute atomic E-state index is 0.560. The monoisotopic (exact) mass is 309 g/mol. The molecule has 0 radical (unpaired) electrons. The Balaban J connectivity index is 1.68. The maximum Gasteiger partial charge on any atom is 0.188 e. The van der Waals surface area contributed by atoms with Gasteiger partial charge in [-0.3, -0.25) is 9.89 Å². The van der Waals surface area contributed by atoms with Gasteiger partial charge in [-0.1, -0.05) is 13.8 Å². The smallest absolute Gasteiger partial charge is 0.188 e. The lowest BCUT2D eigenvalue weighted by molar-refractivity contribution is 0.273. The predicted molar refractivity (Wildman–Crippen MR) is 90.0 cm³/mol. The molecule has 2 rings (SSSR count). The van der Waals surface area contributed by atoms with E-state index in [0.717, 1.165) is 32.5 Å². The maximum absolute atomic E-state index is 5.94. The van der Waals surface area contributed by atoms with Crippen LogP contribution in [0.4, 0.5) is 0 Å². The van der Waals surface area contributed by atoms with Crippen molar-refractivity contribution < 1.29 is 0 Å². The summed E-state index contributed by atoms with van der Waals surface area (Å²) in [5, 5.41) is 4.36. The number of likely N-dealkylation sites (tertiary alicyclic amines) is 1. The summed E-state index contributed by atoms with van der Waals surface area (Å²) in [6.45, 7) is 8.29. The van der Waals surface area contributed by atoms with Gasteiger partial charge in [-0.2, -0.15) is 0 Å². The van der Waals surface area contributed by atoms with Crippen LogP contribution in [0.3, 0.4) is 0 Å². The average Bonchev–Trinajstić information content (AvgIpc) is 3.13. The Hall–Kier alpha value is -1.14. The highest BCUT2D eigenvalue weighted by atomic mass is 32.1. The van der Waals surface area contributed by atoms with E-state index < -0.39 is 0 Å². The maximum atomic E-state index is 5.94. The van der Waals surface area contributed by atoms with Crippen LogP contribution in [0.15, 0.2) is 11.2 Å². The van der Waals surface area contributed by atoms with E-state index in [1.165, 1.54) is 29.3 Å². The lowest BCUT2D eigenvalue weighted by atomic mass is 10.2. The third kappa shape index (κ3) is 4.97. The number of likely N-dealkylation sites (N-methyl/N-ethyl adjacent to an activating group) is 1. The summed E-state index contributed by atoms with van der Waals surface area (Å²) >= 11 is 1.78. The Morgan fingerprint density at radius 3 is 3.14 bits per heavy atom. The van der Waals surface area contributed by atoms with Crippen LogP contribution in [0.2, 0.25) is 0 Å². The van der Waals surface area contributed by atoms with Gasteiger partial charge in [0.15, 0.2) is 5.96 Å². The Morgan fingerprint density at radius 1 is 1.57 bits per heavy atom. The van der Waals surface area contributed by atoms with E-state index in [1.54, 1.807) is 11.3 Å². The molecule has 1 atom stereocenters. The number of hydrogen-bond donors (Lipinski definition) is 2. The third-order valence-electron chi connectivity index (χ3n) is 3.97. The third-order valence-corrected chi connectivity index (χ3v) is 5.17. The first-order chi connectivity index (χ1) is 10.2. The quantitative estimate of drug-likeness (QED) is 0.593. The molecule has 3 N–H and O–H groups in total. The lowest BCUT2D eigenvalue weighted by Gasteiger charge is -2.20. The number of aliphatic imine (C=N–C) groups is 1. The molecule has 21 heavy (non-hydrogen) atoms. The molecule has 1 saturated heterocycles. The SMILES string of the molecule is CCc1cnc(CCNC(N)=NCC2CCCN2CC)s1. The Bertz CT molecular complexity index is 457. The van der Waals surface area contributed by atoms with Gasteiger partial charge in [0.1, 0.15) is 0 Å². The van der Waals surface area contributed by atoms with Crippen molar-refractivity contribution in [3.63, 3.8) is 0 Å². The van der Waals surface area contributed by atoms with Gasteiger partial charge in [0.25, 0.3) is 0 Å². The molecule has 0 saturated carbocycles.